The van der Waals surface area contributed by atoms with E-state index in [1.54, 1.807) is 18.2 Å². The van der Waals surface area contributed by atoms with Gasteiger partial charge in [-0.1, -0.05) is 18.2 Å². The molecule has 5 nitrogen and oxygen atoms in total. The zero-order valence-corrected chi connectivity index (χ0v) is 15.4. The quantitative estimate of drug-likeness (QED) is 0.771. The van der Waals surface area contributed by atoms with Crippen LogP contribution in [0.2, 0.25) is 0 Å². The van der Waals surface area contributed by atoms with Crippen LogP contribution in [0.25, 0.3) is 5.57 Å². The molecule has 2 aromatic rings. The number of rotatable bonds is 6. The van der Waals surface area contributed by atoms with Gasteiger partial charge in [0.15, 0.2) is 11.6 Å². The maximum atomic E-state index is 14.3. The van der Waals surface area contributed by atoms with Crippen LogP contribution in [-0.4, -0.2) is 23.5 Å². The van der Waals surface area contributed by atoms with E-state index in [0.29, 0.717) is 35.2 Å². The number of alkyl halides is 2. The summed E-state index contributed by atoms with van der Waals surface area (Å²) in [7, 11) is 0. The minimum Gasteiger partial charge on any atom is -0.432 e. The first kappa shape index (κ1) is 19.3. The van der Waals surface area contributed by atoms with Gasteiger partial charge in [-0.25, -0.2) is 4.39 Å². The van der Waals surface area contributed by atoms with Crippen molar-refractivity contribution in [2.24, 2.45) is 0 Å². The van der Waals surface area contributed by atoms with Gasteiger partial charge < -0.3 is 15.0 Å². The van der Waals surface area contributed by atoms with Crippen molar-refractivity contribution in [2.45, 2.75) is 44.3 Å². The molecule has 1 amide bonds. The molecule has 152 valence electrons. The largest absolute Gasteiger partial charge is 0.432 e. The van der Waals surface area contributed by atoms with Crippen LogP contribution in [0, 0.1) is 5.82 Å². The van der Waals surface area contributed by atoms with Crippen LogP contribution in [0.15, 0.2) is 41.2 Å². The number of carbonyl (C=O) groups excluding carboxylic acids is 1. The Labute approximate surface area is 164 Å². The molecule has 1 aliphatic heterocycles. The predicted molar refractivity (Wildman–Crippen MR) is 100 cm³/mol. The van der Waals surface area contributed by atoms with E-state index in [2.05, 4.69) is 15.0 Å². The van der Waals surface area contributed by atoms with Crippen LogP contribution in [-0.2, 0) is 4.79 Å². The number of benzene rings is 1. The summed E-state index contributed by atoms with van der Waals surface area (Å²) >= 11 is 0. The zero-order valence-electron chi connectivity index (χ0n) is 15.4. The molecule has 1 saturated carbocycles. The normalized spacial score (nSPS) is 19.5. The van der Waals surface area contributed by atoms with E-state index in [1.807, 2.05) is 0 Å². The molecule has 1 aromatic carbocycles. The van der Waals surface area contributed by atoms with Crippen molar-refractivity contribution in [2.75, 3.05) is 0 Å². The summed E-state index contributed by atoms with van der Waals surface area (Å²) in [6.45, 7) is -3.13. The maximum absolute atomic E-state index is 14.3. The highest BCUT2D eigenvalue weighted by atomic mass is 19.3. The van der Waals surface area contributed by atoms with Crippen LogP contribution in [0.1, 0.15) is 48.4 Å². The molecule has 1 aromatic heterocycles. The fraction of sp³-hybridized carbons (Fsp3) is 0.333. The summed E-state index contributed by atoms with van der Waals surface area (Å²) in [5.41, 5.74) is 1.85. The molecule has 2 heterocycles. The molecule has 0 bridgehead atoms. The number of aromatic amines is 1. The summed E-state index contributed by atoms with van der Waals surface area (Å²) in [4.78, 5) is 26.8. The molecule has 1 saturated heterocycles. The van der Waals surface area contributed by atoms with E-state index in [9.17, 15) is 22.8 Å². The standard InChI is InChI=1S/C21H19F3N2O3/c22-16-9-12(3-7-18(16)29-21(23)24)15(10-13-4-8-19(27)25-13)17-6-5-14(11-1-2-11)20(28)26-17/h3,5-7,9-11,13,21H,1-2,4,8H2,(H,25,27)(H,26,28)/t13-/m1/s1. The van der Waals surface area contributed by atoms with Crippen molar-refractivity contribution in [3.8, 4) is 5.75 Å². The third-order valence-corrected chi connectivity index (χ3v) is 5.10. The molecular weight excluding hydrogens is 385 g/mol. The fourth-order valence-electron chi connectivity index (χ4n) is 3.52. The number of carbonyl (C=O) groups is 1. The second kappa shape index (κ2) is 7.77. The molecule has 1 aliphatic carbocycles. The lowest BCUT2D eigenvalue weighted by atomic mass is 9.98. The van der Waals surface area contributed by atoms with Crippen molar-refractivity contribution < 1.29 is 22.7 Å². The number of H-pyrrole nitrogens is 1. The Morgan fingerprint density at radius 2 is 1.93 bits per heavy atom. The molecule has 1 atom stereocenters. The lowest BCUT2D eigenvalue weighted by Gasteiger charge is -2.14. The molecule has 2 aliphatic rings. The van der Waals surface area contributed by atoms with Gasteiger partial charge in [0.2, 0.25) is 5.91 Å². The smallest absolute Gasteiger partial charge is 0.387 e. The number of nitrogens with one attached hydrogen (secondary N) is 2. The van der Waals surface area contributed by atoms with Crippen molar-refractivity contribution in [3.63, 3.8) is 0 Å². The predicted octanol–water partition coefficient (Wildman–Crippen LogP) is 3.70. The van der Waals surface area contributed by atoms with Crippen LogP contribution in [0.4, 0.5) is 13.2 Å². The Hall–Kier alpha value is -3.03. The molecule has 0 radical (unpaired) electrons. The summed E-state index contributed by atoms with van der Waals surface area (Å²) in [6.07, 6.45) is 4.66. The van der Waals surface area contributed by atoms with Crippen LogP contribution in [0.5, 0.6) is 5.75 Å². The van der Waals surface area contributed by atoms with E-state index >= 15 is 0 Å². The number of hydrogen-bond donors (Lipinski definition) is 2. The lowest BCUT2D eigenvalue weighted by Crippen LogP contribution is -2.23. The Morgan fingerprint density at radius 3 is 2.52 bits per heavy atom. The molecular formula is C21H19F3N2O3. The number of amides is 1. The number of aromatic nitrogens is 1. The average Bonchev–Trinajstić information content (AvgIpc) is 3.42. The topological polar surface area (TPSA) is 71.2 Å². The molecule has 2 fully saturated rings. The number of ether oxygens (including phenoxy) is 1. The molecule has 2 N–H and O–H groups in total. The van der Waals surface area contributed by atoms with Gasteiger partial charge in [0.25, 0.3) is 5.56 Å². The maximum Gasteiger partial charge on any atom is 0.387 e. The minimum atomic E-state index is -3.13. The van der Waals surface area contributed by atoms with Gasteiger partial charge in [-0.2, -0.15) is 8.78 Å². The summed E-state index contributed by atoms with van der Waals surface area (Å²) in [5, 5.41) is 2.81. The molecule has 0 spiro atoms. The van der Waals surface area contributed by atoms with E-state index in [0.717, 1.165) is 25.0 Å². The number of pyridine rings is 1. The Kier molecular flexibility index (Phi) is 5.17. The van der Waals surface area contributed by atoms with Crippen LogP contribution < -0.4 is 15.6 Å². The Bertz CT molecular complexity index is 1030. The highest BCUT2D eigenvalue weighted by Crippen LogP contribution is 2.38. The first-order chi connectivity index (χ1) is 13.9. The average molecular weight is 404 g/mol. The van der Waals surface area contributed by atoms with Crippen molar-refractivity contribution >= 4 is 11.5 Å². The monoisotopic (exact) mass is 404 g/mol. The third kappa shape index (κ3) is 4.36. The van der Waals surface area contributed by atoms with E-state index in [1.165, 1.54) is 6.07 Å². The molecule has 29 heavy (non-hydrogen) atoms. The van der Waals surface area contributed by atoms with Crippen LogP contribution >= 0.6 is 0 Å². The second-order valence-corrected chi connectivity index (χ2v) is 7.25. The fourth-order valence-corrected chi connectivity index (χ4v) is 3.52. The molecule has 8 heteroatoms. The van der Waals surface area contributed by atoms with Gasteiger partial charge in [-0.05, 0) is 48.9 Å². The van der Waals surface area contributed by atoms with E-state index in [4.69, 9.17) is 0 Å². The van der Waals surface area contributed by atoms with Gasteiger partial charge in [-0.3, -0.25) is 9.59 Å². The summed E-state index contributed by atoms with van der Waals surface area (Å²) < 4.78 is 43.3. The van der Waals surface area contributed by atoms with E-state index < -0.39 is 18.2 Å². The van der Waals surface area contributed by atoms with Crippen molar-refractivity contribution in [3.05, 3.63) is 69.4 Å². The molecule has 4 rings (SSSR count). The molecule has 0 unspecified atom stereocenters. The van der Waals surface area contributed by atoms with Gasteiger partial charge in [0.05, 0.1) is 0 Å². The Morgan fingerprint density at radius 1 is 1.14 bits per heavy atom. The van der Waals surface area contributed by atoms with Gasteiger partial charge in [-0.15, -0.1) is 0 Å². The first-order valence-corrected chi connectivity index (χ1v) is 9.40. The minimum absolute atomic E-state index is 0.0879. The van der Waals surface area contributed by atoms with Crippen molar-refractivity contribution in [1.29, 1.82) is 0 Å². The highest BCUT2D eigenvalue weighted by Gasteiger charge is 2.27. The number of hydrogen-bond acceptors (Lipinski definition) is 3. The van der Waals surface area contributed by atoms with Gasteiger partial charge >= 0.3 is 6.61 Å². The van der Waals surface area contributed by atoms with Gasteiger partial charge in [0.1, 0.15) is 0 Å². The number of halogens is 3. The van der Waals surface area contributed by atoms with E-state index in [-0.39, 0.29) is 23.4 Å². The summed E-state index contributed by atoms with van der Waals surface area (Å²) in [6, 6.07) is 6.87. The Balaban J connectivity index is 1.74. The highest BCUT2D eigenvalue weighted by molar-refractivity contribution is 5.82. The summed E-state index contributed by atoms with van der Waals surface area (Å²) in [5.74, 6) is -1.32. The first-order valence-electron chi connectivity index (χ1n) is 9.40. The van der Waals surface area contributed by atoms with Gasteiger partial charge in [0, 0.05) is 29.3 Å². The third-order valence-electron chi connectivity index (χ3n) is 5.10. The SMILES string of the molecule is O=C1CC[C@H](C=C(c2ccc(OC(F)F)c(F)c2)c2ccc(C3CC3)c(=O)[nH]2)N1. The lowest BCUT2D eigenvalue weighted by molar-refractivity contribution is -0.119. The van der Waals surface area contributed by atoms with Crippen molar-refractivity contribution in [1.82, 2.24) is 10.3 Å². The zero-order chi connectivity index (χ0) is 20.5. The second-order valence-electron chi connectivity index (χ2n) is 7.25. The van der Waals surface area contributed by atoms with Crippen LogP contribution in [0.3, 0.4) is 0 Å².